The Balaban J connectivity index is 4.68. The molecule has 0 fully saturated rings. The number of halogens is 3. The molecule has 0 saturated carbocycles. The van der Waals surface area contributed by atoms with Gasteiger partial charge < -0.3 is 19.9 Å². The van der Waals surface area contributed by atoms with Crippen LogP contribution in [-0.2, 0) is 9.47 Å². The first-order valence-electron chi connectivity index (χ1n) is 4.67. The number of carbonyl (C=O) groups excluding carboxylic acids is 1. The van der Waals surface area contributed by atoms with Crippen LogP contribution in [-0.4, -0.2) is 43.2 Å². The zero-order valence-corrected chi connectivity index (χ0v) is 9.37. The molecule has 0 aromatic carbocycles. The Morgan fingerprint density at radius 3 is 2.47 bits per heavy atom. The molecule has 0 radical (unpaired) electrons. The van der Waals surface area contributed by atoms with Crippen molar-refractivity contribution in [3.63, 3.8) is 0 Å². The first kappa shape index (κ1) is 15.6. The monoisotopic (exact) mass is 257 g/mol. The molecule has 8 heteroatoms. The number of aliphatic hydroxyl groups is 1. The number of hydrogen-bond donors (Lipinski definition) is 2. The number of hydrogen-bond acceptors (Lipinski definition) is 4. The van der Waals surface area contributed by atoms with Crippen molar-refractivity contribution >= 4 is 6.09 Å². The van der Waals surface area contributed by atoms with Crippen molar-refractivity contribution in [2.24, 2.45) is 0 Å². The molecule has 0 aromatic heterocycles. The lowest BCUT2D eigenvalue weighted by molar-refractivity contribution is -0.237. The lowest BCUT2D eigenvalue weighted by Gasteiger charge is -2.27. The molecule has 0 spiro atoms. The minimum atomic E-state index is -4.94. The lowest BCUT2D eigenvalue weighted by atomic mass is 10.0. The lowest BCUT2D eigenvalue weighted by Crippen LogP contribution is -2.52. The molecule has 0 rings (SSSR count). The van der Waals surface area contributed by atoms with Crippen molar-refractivity contribution < 1.29 is 32.5 Å². The van der Waals surface area contributed by atoms with E-state index in [0.29, 0.717) is 6.08 Å². The van der Waals surface area contributed by atoms with E-state index in [9.17, 15) is 23.1 Å². The second-order valence-corrected chi connectivity index (χ2v) is 3.03. The molecule has 100 valence electrons. The maximum Gasteiger partial charge on any atom is 0.422 e. The molecular formula is C9H14F3NO4. The summed E-state index contributed by atoms with van der Waals surface area (Å²) < 4.78 is 46.3. The highest BCUT2D eigenvalue weighted by atomic mass is 19.4. The molecule has 1 unspecified atom stereocenters. The van der Waals surface area contributed by atoms with Crippen LogP contribution in [0.15, 0.2) is 12.3 Å². The van der Waals surface area contributed by atoms with Gasteiger partial charge in [0.25, 0.3) is 0 Å². The van der Waals surface area contributed by atoms with E-state index in [1.165, 1.54) is 0 Å². The molecule has 0 heterocycles. The Labute approximate surface area is 96.2 Å². The summed E-state index contributed by atoms with van der Waals surface area (Å²) in [6.45, 7) is 0.672. The second kappa shape index (κ2) is 6.33. The third kappa shape index (κ3) is 4.94. The van der Waals surface area contributed by atoms with Gasteiger partial charge in [0, 0.05) is 0 Å². The summed E-state index contributed by atoms with van der Waals surface area (Å²) >= 11 is 0. The van der Waals surface area contributed by atoms with Crippen LogP contribution < -0.4 is 5.32 Å². The number of alkyl carbamates (subject to hydrolysis) is 1. The molecule has 0 aliphatic rings. The number of alkyl halides is 3. The molecule has 0 bridgehead atoms. The van der Waals surface area contributed by atoms with Crippen LogP contribution in [0.5, 0.6) is 0 Å². The van der Waals surface area contributed by atoms with Crippen LogP contribution in [0.1, 0.15) is 6.92 Å². The van der Waals surface area contributed by atoms with Gasteiger partial charge in [-0.15, -0.1) is 0 Å². The van der Waals surface area contributed by atoms with Gasteiger partial charge in [-0.05, 0) is 13.0 Å². The topological polar surface area (TPSA) is 67.8 Å². The zero-order valence-electron chi connectivity index (χ0n) is 9.37. The molecule has 0 aromatic rings. The Hall–Kier alpha value is -1.44. The quantitative estimate of drug-likeness (QED) is 0.726. The zero-order chi connectivity index (χ0) is 13.5. The van der Waals surface area contributed by atoms with E-state index < -0.39 is 24.4 Å². The normalized spacial score (nSPS) is 15.4. The van der Waals surface area contributed by atoms with E-state index in [-0.39, 0.29) is 6.61 Å². The molecule has 1 amide bonds. The highest BCUT2D eigenvalue weighted by Gasteiger charge is 2.52. The van der Waals surface area contributed by atoms with Crippen LogP contribution in [0, 0.1) is 0 Å². The van der Waals surface area contributed by atoms with Crippen molar-refractivity contribution in [2.45, 2.75) is 18.7 Å². The van der Waals surface area contributed by atoms with E-state index in [1.807, 2.05) is 0 Å². The van der Waals surface area contributed by atoms with Crippen molar-refractivity contribution in [3.8, 4) is 0 Å². The van der Waals surface area contributed by atoms with Crippen LogP contribution in [0.4, 0.5) is 18.0 Å². The second-order valence-electron chi connectivity index (χ2n) is 3.03. The summed E-state index contributed by atoms with van der Waals surface area (Å²) in [5, 5.41) is 11.1. The van der Waals surface area contributed by atoms with E-state index in [4.69, 9.17) is 0 Å². The molecule has 17 heavy (non-hydrogen) atoms. The Kier molecular flexibility index (Phi) is 5.80. The molecule has 0 aliphatic carbocycles. The van der Waals surface area contributed by atoms with Gasteiger partial charge in [-0.1, -0.05) is 0 Å². The van der Waals surface area contributed by atoms with Crippen molar-refractivity contribution in [1.29, 1.82) is 0 Å². The third-order valence-corrected chi connectivity index (χ3v) is 1.79. The van der Waals surface area contributed by atoms with Crippen molar-refractivity contribution in [2.75, 3.05) is 20.3 Å². The summed E-state index contributed by atoms with van der Waals surface area (Å²) in [7, 11) is 0.998. The van der Waals surface area contributed by atoms with Crippen LogP contribution in [0.25, 0.3) is 0 Å². The molecule has 0 aliphatic heterocycles. The fourth-order valence-electron chi connectivity index (χ4n) is 0.790. The summed E-state index contributed by atoms with van der Waals surface area (Å²) in [5.41, 5.74) is -3.20. The minimum absolute atomic E-state index is 0.162. The van der Waals surface area contributed by atoms with E-state index >= 15 is 0 Å². The average molecular weight is 257 g/mol. The van der Waals surface area contributed by atoms with Crippen molar-refractivity contribution in [1.82, 2.24) is 5.32 Å². The first-order chi connectivity index (χ1) is 7.77. The Morgan fingerprint density at radius 2 is 2.06 bits per heavy atom. The number of rotatable bonds is 5. The molecular weight excluding hydrogens is 243 g/mol. The van der Waals surface area contributed by atoms with E-state index in [0.717, 1.165) is 13.4 Å². The smallest absolute Gasteiger partial charge is 0.422 e. The maximum absolute atomic E-state index is 12.5. The van der Waals surface area contributed by atoms with Gasteiger partial charge >= 0.3 is 12.3 Å². The van der Waals surface area contributed by atoms with Gasteiger partial charge in [-0.25, -0.2) is 4.79 Å². The number of nitrogens with one attached hydrogen (secondary N) is 1. The fourth-order valence-corrected chi connectivity index (χ4v) is 0.790. The molecule has 1 atom stereocenters. The average Bonchev–Trinajstić information content (AvgIpc) is 2.24. The largest absolute Gasteiger partial charge is 0.502 e. The van der Waals surface area contributed by atoms with Gasteiger partial charge in [0.1, 0.15) is 0 Å². The summed E-state index contributed by atoms with van der Waals surface area (Å²) in [6.07, 6.45) is -4.86. The van der Waals surface area contributed by atoms with E-state index in [2.05, 4.69) is 9.47 Å². The minimum Gasteiger partial charge on any atom is -0.502 e. The van der Waals surface area contributed by atoms with Crippen LogP contribution in [0.2, 0.25) is 0 Å². The summed E-state index contributed by atoms with van der Waals surface area (Å²) in [4.78, 5) is 10.6. The highest BCUT2D eigenvalue weighted by molar-refractivity contribution is 5.67. The highest BCUT2D eigenvalue weighted by Crippen LogP contribution is 2.31. The standard InChI is InChI=1S/C9H14F3NO4/c1-3-17-5-4-8(15,9(10,11)12)6-13-7(14)16-2/h4-5,15H,3,6H2,1-2H3,(H,13,14)/b5-4+. The number of carbonyl (C=O) groups is 1. The summed E-state index contributed by atoms with van der Waals surface area (Å²) in [6, 6.07) is 0. The van der Waals surface area contributed by atoms with E-state index in [1.54, 1.807) is 12.2 Å². The van der Waals surface area contributed by atoms with Crippen LogP contribution >= 0.6 is 0 Å². The molecule has 0 saturated heterocycles. The Bertz CT molecular complexity index is 280. The van der Waals surface area contributed by atoms with Crippen LogP contribution in [0.3, 0.4) is 0 Å². The summed E-state index contributed by atoms with van der Waals surface area (Å²) in [5.74, 6) is 0. The van der Waals surface area contributed by atoms with Gasteiger partial charge in [-0.3, -0.25) is 0 Å². The van der Waals surface area contributed by atoms with Gasteiger partial charge in [0.05, 0.1) is 26.5 Å². The van der Waals surface area contributed by atoms with Gasteiger partial charge in [0.2, 0.25) is 0 Å². The fraction of sp³-hybridized carbons (Fsp3) is 0.667. The SMILES string of the molecule is CCO/C=C/C(O)(CNC(=O)OC)C(F)(F)F. The number of ether oxygens (including phenoxy) is 2. The molecule has 5 nitrogen and oxygen atoms in total. The van der Waals surface area contributed by atoms with Gasteiger partial charge in [-0.2, -0.15) is 13.2 Å². The maximum atomic E-state index is 12.5. The molecule has 2 N–H and O–H groups in total. The third-order valence-electron chi connectivity index (χ3n) is 1.79. The predicted molar refractivity (Wildman–Crippen MR) is 52.2 cm³/mol. The number of amides is 1. The first-order valence-corrected chi connectivity index (χ1v) is 4.67. The number of methoxy groups -OCH3 is 1. The Morgan fingerprint density at radius 1 is 1.47 bits per heavy atom. The van der Waals surface area contributed by atoms with Gasteiger partial charge in [0.15, 0.2) is 5.60 Å². The predicted octanol–water partition coefficient (Wildman–Crippen LogP) is 1.19. The van der Waals surface area contributed by atoms with Crippen molar-refractivity contribution in [3.05, 3.63) is 12.3 Å².